The molecule has 1 saturated heterocycles. The molecule has 1 aliphatic heterocycles. The first kappa shape index (κ1) is 16.4. The van der Waals surface area contributed by atoms with Crippen LogP contribution in [-0.4, -0.2) is 11.0 Å². The Labute approximate surface area is 156 Å². The highest BCUT2D eigenvalue weighted by atomic mass is 35.5. The average molecular weight is 373 g/mol. The van der Waals surface area contributed by atoms with Crippen molar-refractivity contribution < 1.29 is 9.21 Å². The minimum atomic E-state index is -0.201. The second-order valence-electron chi connectivity index (χ2n) is 6.62. The maximum absolute atomic E-state index is 12.8. The number of nitrogens with one attached hydrogen (secondary N) is 1. The van der Waals surface area contributed by atoms with Gasteiger partial charge in [0.05, 0.1) is 5.69 Å². The van der Waals surface area contributed by atoms with Gasteiger partial charge >= 0.3 is 0 Å². The summed E-state index contributed by atoms with van der Waals surface area (Å²) in [6.07, 6.45) is 2.87. The molecule has 25 heavy (non-hydrogen) atoms. The predicted octanol–water partition coefficient (Wildman–Crippen LogP) is 4.63. The largest absolute Gasteiger partial charge is 0.461 e. The van der Waals surface area contributed by atoms with Gasteiger partial charge < -0.3 is 9.73 Å². The highest BCUT2D eigenvalue weighted by Crippen LogP contribution is 2.47. The van der Waals surface area contributed by atoms with E-state index in [0.29, 0.717) is 33.4 Å². The fraction of sp³-hybridized carbons (Fsp3) is 0.263. The fourth-order valence-corrected chi connectivity index (χ4v) is 3.65. The van der Waals surface area contributed by atoms with Crippen LogP contribution in [0.1, 0.15) is 36.3 Å². The lowest BCUT2D eigenvalue weighted by Crippen LogP contribution is -2.30. The number of hydrogen-bond acceptors (Lipinski definition) is 3. The minimum absolute atomic E-state index is 0.201. The molecule has 2 atom stereocenters. The van der Waals surface area contributed by atoms with E-state index in [-0.39, 0.29) is 5.91 Å². The molecular formula is C19H17ClN2O2S. The van der Waals surface area contributed by atoms with Crippen LogP contribution >= 0.6 is 23.8 Å². The number of hydrogen-bond donors (Lipinski definition) is 1. The Morgan fingerprint density at radius 3 is 2.80 bits per heavy atom. The molecule has 2 aromatic rings. The molecule has 4 rings (SSSR count). The van der Waals surface area contributed by atoms with Gasteiger partial charge in [-0.1, -0.05) is 18.5 Å². The van der Waals surface area contributed by atoms with Crippen molar-refractivity contribution >= 4 is 46.6 Å². The van der Waals surface area contributed by atoms with E-state index in [2.05, 4.69) is 12.2 Å². The van der Waals surface area contributed by atoms with E-state index in [1.165, 1.54) is 4.90 Å². The van der Waals surface area contributed by atoms with Crippen molar-refractivity contribution in [1.82, 2.24) is 5.32 Å². The normalized spacial score (nSPS) is 24.1. The van der Waals surface area contributed by atoms with Crippen molar-refractivity contribution in [3.05, 3.63) is 58.1 Å². The third-order valence-corrected chi connectivity index (χ3v) is 5.21. The number of benzene rings is 1. The Kier molecular flexibility index (Phi) is 3.93. The molecule has 2 fully saturated rings. The molecule has 6 heteroatoms. The number of furan rings is 1. The zero-order chi connectivity index (χ0) is 17.7. The summed E-state index contributed by atoms with van der Waals surface area (Å²) in [5.41, 5.74) is 2.01. The van der Waals surface area contributed by atoms with Crippen LogP contribution in [0.5, 0.6) is 0 Å². The number of rotatable bonds is 3. The number of thiocarbonyl (C=S) groups is 1. The van der Waals surface area contributed by atoms with Crippen molar-refractivity contribution in [2.75, 3.05) is 4.90 Å². The van der Waals surface area contributed by atoms with Gasteiger partial charge in [-0.05, 0) is 67.4 Å². The average Bonchev–Trinajstić information content (AvgIpc) is 2.99. The van der Waals surface area contributed by atoms with Crippen molar-refractivity contribution in [2.24, 2.45) is 5.92 Å². The zero-order valence-electron chi connectivity index (χ0n) is 13.9. The highest BCUT2D eigenvalue weighted by molar-refractivity contribution is 7.80. The van der Waals surface area contributed by atoms with Gasteiger partial charge in [0.15, 0.2) is 5.11 Å². The standard InChI is InChI=1S/C19H17ClN2O2S/c1-10-8-14(10)17-6-4-13(24-17)9-15-18(23)22(19(25)21-15)16-5-3-12(20)7-11(16)2/h3-7,9-10,14H,8H2,1-2H3,(H,21,25)/b15-9-/t10-,14-/m1/s1. The summed E-state index contributed by atoms with van der Waals surface area (Å²) in [5.74, 6) is 2.62. The summed E-state index contributed by atoms with van der Waals surface area (Å²) in [6.45, 7) is 4.10. The summed E-state index contributed by atoms with van der Waals surface area (Å²) in [6, 6.07) is 9.23. The topological polar surface area (TPSA) is 45.5 Å². The molecule has 1 aliphatic carbocycles. The molecule has 0 unspecified atom stereocenters. The molecule has 128 valence electrons. The van der Waals surface area contributed by atoms with Crippen LogP contribution in [0.3, 0.4) is 0 Å². The first-order chi connectivity index (χ1) is 11.9. The predicted molar refractivity (Wildman–Crippen MR) is 103 cm³/mol. The summed E-state index contributed by atoms with van der Waals surface area (Å²) in [5, 5.41) is 3.96. The maximum Gasteiger partial charge on any atom is 0.281 e. The van der Waals surface area contributed by atoms with Gasteiger partial charge in [0, 0.05) is 17.0 Å². The summed E-state index contributed by atoms with van der Waals surface area (Å²) >= 11 is 11.3. The number of halogens is 1. The number of nitrogens with zero attached hydrogens (tertiary/aromatic N) is 1. The first-order valence-electron chi connectivity index (χ1n) is 8.17. The molecule has 0 bridgehead atoms. The number of carbonyl (C=O) groups excluding carboxylic acids is 1. The summed E-state index contributed by atoms with van der Waals surface area (Å²) < 4.78 is 5.86. The quantitative estimate of drug-likeness (QED) is 0.630. The Morgan fingerprint density at radius 1 is 1.36 bits per heavy atom. The van der Waals surface area contributed by atoms with E-state index >= 15 is 0 Å². The van der Waals surface area contributed by atoms with Crippen LogP contribution in [0.4, 0.5) is 5.69 Å². The zero-order valence-corrected chi connectivity index (χ0v) is 15.4. The molecule has 1 aromatic carbocycles. The van der Waals surface area contributed by atoms with E-state index in [1.807, 2.05) is 25.1 Å². The third-order valence-electron chi connectivity index (χ3n) is 4.69. The fourth-order valence-electron chi connectivity index (χ4n) is 3.13. The third kappa shape index (κ3) is 2.98. The minimum Gasteiger partial charge on any atom is -0.461 e. The number of aryl methyl sites for hydroxylation is 1. The van der Waals surface area contributed by atoms with Gasteiger partial charge in [-0.3, -0.25) is 9.69 Å². The summed E-state index contributed by atoms with van der Waals surface area (Å²) in [4.78, 5) is 14.3. The number of anilines is 1. The SMILES string of the molecule is Cc1cc(Cl)ccc1N1C(=O)/C(=C/c2ccc([C@@H]3C[C@H]3C)o2)NC1=S. The highest BCUT2D eigenvalue weighted by Gasteiger charge is 2.37. The molecule has 0 spiro atoms. The van der Waals surface area contributed by atoms with Gasteiger partial charge in [-0.15, -0.1) is 0 Å². The van der Waals surface area contributed by atoms with Crippen LogP contribution in [0, 0.1) is 12.8 Å². The van der Waals surface area contributed by atoms with Crippen LogP contribution in [0.2, 0.25) is 5.02 Å². The van der Waals surface area contributed by atoms with E-state index in [9.17, 15) is 4.79 Å². The Bertz CT molecular complexity index is 918. The van der Waals surface area contributed by atoms with Gasteiger partial charge in [0.2, 0.25) is 0 Å². The van der Waals surface area contributed by atoms with E-state index < -0.39 is 0 Å². The maximum atomic E-state index is 12.8. The number of amides is 1. The van der Waals surface area contributed by atoms with Crippen LogP contribution in [-0.2, 0) is 4.79 Å². The van der Waals surface area contributed by atoms with Crippen molar-refractivity contribution in [2.45, 2.75) is 26.2 Å². The van der Waals surface area contributed by atoms with Gasteiger partial charge in [0.25, 0.3) is 5.91 Å². The molecule has 1 N–H and O–H groups in total. The second kappa shape index (κ2) is 6.00. The van der Waals surface area contributed by atoms with Gasteiger partial charge in [-0.2, -0.15) is 0 Å². The van der Waals surface area contributed by atoms with Gasteiger partial charge in [0.1, 0.15) is 17.2 Å². The van der Waals surface area contributed by atoms with Crippen molar-refractivity contribution in [3.8, 4) is 0 Å². The molecule has 2 aliphatic rings. The lowest BCUT2D eigenvalue weighted by atomic mass is 10.2. The Hall–Kier alpha value is -2.11. The number of carbonyl (C=O) groups is 1. The molecule has 0 radical (unpaired) electrons. The molecule has 4 nitrogen and oxygen atoms in total. The van der Waals surface area contributed by atoms with E-state index in [4.69, 9.17) is 28.2 Å². The van der Waals surface area contributed by atoms with E-state index in [1.54, 1.807) is 18.2 Å². The van der Waals surface area contributed by atoms with E-state index in [0.717, 1.165) is 23.4 Å². The van der Waals surface area contributed by atoms with Crippen LogP contribution in [0.15, 0.2) is 40.4 Å². The van der Waals surface area contributed by atoms with Crippen molar-refractivity contribution in [1.29, 1.82) is 0 Å². The monoisotopic (exact) mass is 372 g/mol. The lowest BCUT2D eigenvalue weighted by Gasteiger charge is -2.16. The second-order valence-corrected chi connectivity index (χ2v) is 7.44. The van der Waals surface area contributed by atoms with Gasteiger partial charge in [-0.25, -0.2) is 0 Å². The molecular weight excluding hydrogens is 356 g/mol. The molecule has 1 saturated carbocycles. The smallest absolute Gasteiger partial charge is 0.281 e. The van der Waals surface area contributed by atoms with Crippen LogP contribution in [0.25, 0.3) is 6.08 Å². The van der Waals surface area contributed by atoms with Crippen molar-refractivity contribution in [3.63, 3.8) is 0 Å². The molecule has 1 aromatic heterocycles. The lowest BCUT2D eigenvalue weighted by molar-refractivity contribution is -0.113. The Balaban J connectivity index is 1.61. The first-order valence-corrected chi connectivity index (χ1v) is 8.95. The Morgan fingerprint density at radius 2 is 2.12 bits per heavy atom. The molecule has 2 heterocycles. The van der Waals surface area contributed by atoms with Crippen LogP contribution < -0.4 is 10.2 Å². The molecule has 1 amide bonds. The summed E-state index contributed by atoms with van der Waals surface area (Å²) in [7, 11) is 0.